The second-order valence-electron chi connectivity index (χ2n) is 7.61. The molecule has 1 atom stereocenters. The molecule has 1 aromatic heterocycles. The van der Waals surface area contributed by atoms with E-state index in [0.29, 0.717) is 24.4 Å². The van der Waals surface area contributed by atoms with Crippen molar-refractivity contribution < 1.29 is 23.5 Å². The molecule has 0 N–H and O–H groups in total. The highest BCUT2D eigenvalue weighted by molar-refractivity contribution is 5.84. The van der Waals surface area contributed by atoms with Crippen LogP contribution in [0.4, 0.5) is 0 Å². The molecule has 2 aromatic carbocycles. The van der Waals surface area contributed by atoms with Crippen LogP contribution >= 0.6 is 0 Å². The molecule has 0 radical (unpaired) electrons. The number of hydrogen-bond acceptors (Lipinski definition) is 6. The van der Waals surface area contributed by atoms with Gasteiger partial charge in [0.15, 0.2) is 12.7 Å². The summed E-state index contributed by atoms with van der Waals surface area (Å²) < 4.78 is 15.9. The SMILES string of the molecule is Cc1cc(=O)oc2cc(OCC(=O)O[C@H](C)C(=O)N3CCc4ccccc4C3)ccc12. The quantitative estimate of drug-likeness (QED) is 0.465. The molecule has 0 aliphatic carbocycles. The summed E-state index contributed by atoms with van der Waals surface area (Å²) in [7, 11) is 0. The lowest BCUT2D eigenvalue weighted by Gasteiger charge is -2.30. The van der Waals surface area contributed by atoms with Gasteiger partial charge < -0.3 is 18.8 Å². The van der Waals surface area contributed by atoms with Gasteiger partial charge in [-0.2, -0.15) is 0 Å². The van der Waals surface area contributed by atoms with Crippen molar-refractivity contribution in [3.05, 3.63) is 75.6 Å². The molecule has 2 heterocycles. The summed E-state index contributed by atoms with van der Waals surface area (Å²) in [4.78, 5) is 38.1. The topological polar surface area (TPSA) is 86.0 Å². The highest BCUT2D eigenvalue weighted by atomic mass is 16.6. The molecule has 1 aliphatic rings. The van der Waals surface area contributed by atoms with Gasteiger partial charge in [-0.3, -0.25) is 4.79 Å². The Kier molecular flexibility index (Phi) is 5.75. The lowest BCUT2D eigenvalue weighted by atomic mass is 9.99. The van der Waals surface area contributed by atoms with Gasteiger partial charge in [0.25, 0.3) is 5.91 Å². The van der Waals surface area contributed by atoms with Crippen LogP contribution in [0.1, 0.15) is 23.6 Å². The van der Waals surface area contributed by atoms with Crippen molar-refractivity contribution in [2.75, 3.05) is 13.2 Å². The van der Waals surface area contributed by atoms with E-state index in [1.54, 1.807) is 30.0 Å². The number of nitrogens with zero attached hydrogens (tertiary/aromatic N) is 1. The Hall–Kier alpha value is -3.61. The van der Waals surface area contributed by atoms with E-state index in [0.717, 1.165) is 22.9 Å². The van der Waals surface area contributed by atoms with Crippen molar-refractivity contribution in [1.29, 1.82) is 0 Å². The summed E-state index contributed by atoms with van der Waals surface area (Å²) in [6.45, 7) is 4.12. The molecule has 0 saturated carbocycles. The first kappa shape index (κ1) is 20.7. The Morgan fingerprint density at radius 2 is 1.90 bits per heavy atom. The molecular weight excluding hydrogens is 398 g/mol. The molecule has 31 heavy (non-hydrogen) atoms. The van der Waals surface area contributed by atoms with Crippen LogP contribution in [0, 0.1) is 6.92 Å². The summed E-state index contributed by atoms with van der Waals surface area (Å²) in [6, 6.07) is 14.4. The minimum Gasteiger partial charge on any atom is -0.482 e. The number of fused-ring (bicyclic) bond motifs is 2. The zero-order valence-electron chi connectivity index (χ0n) is 17.4. The fourth-order valence-electron chi connectivity index (χ4n) is 3.76. The predicted octanol–water partition coefficient (Wildman–Crippen LogP) is 3.00. The first-order valence-electron chi connectivity index (χ1n) is 10.1. The molecule has 4 rings (SSSR count). The molecule has 160 valence electrons. The summed E-state index contributed by atoms with van der Waals surface area (Å²) >= 11 is 0. The van der Waals surface area contributed by atoms with Crippen LogP contribution in [0.3, 0.4) is 0 Å². The van der Waals surface area contributed by atoms with Gasteiger partial charge in [-0.05, 0) is 49.1 Å². The van der Waals surface area contributed by atoms with Gasteiger partial charge >= 0.3 is 11.6 Å². The number of benzene rings is 2. The first-order valence-corrected chi connectivity index (χ1v) is 10.1. The fourth-order valence-corrected chi connectivity index (χ4v) is 3.76. The van der Waals surface area contributed by atoms with Crippen molar-refractivity contribution in [3.8, 4) is 5.75 Å². The molecule has 0 unspecified atom stereocenters. The van der Waals surface area contributed by atoms with Crippen LogP contribution in [0.25, 0.3) is 11.0 Å². The number of amides is 1. The van der Waals surface area contributed by atoms with E-state index in [1.807, 2.05) is 25.1 Å². The third-order valence-electron chi connectivity index (χ3n) is 5.38. The highest BCUT2D eigenvalue weighted by Gasteiger charge is 2.27. The Bertz CT molecular complexity index is 1200. The number of carbonyl (C=O) groups is 2. The van der Waals surface area contributed by atoms with E-state index in [-0.39, 0.29) is 12.5 Å². The van der Waals surface area contributed by atoms with Crippen molar-refractivity contribution in [2.24, 2.45) is 0 Å². The highest BCUT2D eigenvalue weighted by Crippen LogP contribution is 2.22. The molecule has 3 aromatic rings. The summed E-state index contributed by atoms with van der Waals surface area (Å²) in [5, 5.41) is 0.789. The molecule has 0 fully saturated rings. The Balaban J connectivity index is 1.33. The van der Waals surface area contributed by atoms with E-state index in [2.05, 4.69) is 6.07 Å². The van der Waals surface area contributed by atoms with Gasteiger partial charge in [0.2, 0.25) is 0 Å². The zero-order valence-corrected chi connectivity index (χ0v) is 17.4. The van der Waals surface area contributed by atoms with Gasteiger partial charge in [0, 0.05) is 30.6 Å². The monoisotopic (exact) mass is 421 g/mol. The Morgan fingerprint density at radius 3 is 2.71 bits per heavy atom. The van der Waals surface area contributed by atoms with Gasteiger partial charge in [0.1, 0.15) is 11.3 Å². The van der Waals surface area contributed by atoms with Gasteiger partial charge in [-0.1, -0.05) is 24.3 Å². The van der Waals surface area contributed by atoms with Crippen molar-refractivity contribution in [2.45, 2.75) is 32.9 Å². The van der Waals surface area contributed by atoms with E-state index < -0.39 is 17.7 Å². The van der Waals surface area contributed by atoms with E-state index >= 15 is 0 Å². The lowest BCUT2D eigenvalue weighted by Crippen LogP contribution is -2.43. The second kappa shape index (κ2) is 8.63. The van der Waals surface area contributed by atoms with Crippen LogP contribution in [-0.2, 0) is 27.3 Å². The Labute approximate surface area is 179 Å². The van der Waals surface area contributed by atoms with Crippen LogP contribution in [-0.4, -0.2) is 36.0 Å². The number of ether oxygens (including phenoxy) is 2. The maximum Gasteiger partial charge on any atom is 0.344 e. The molecular formula is C24H23NO6. The minimum atomic E-state index is -0.904. The van der Waals surface area contributed by atoms with E-state index in [4.69, 9.17) is 13.9 Å². The van der Waals surface area contributed by atoms with E-state index in [1.165, 1.54) is 11.6 Å². The molecule has 0 spiro atoms. The predicted molar refractivity (Wildman–Crippen MR) is 114 cm³/mol. The zero-order chi connectivity index (χ0) is 22.0. The third kappa shape index (κ3) is 4.60. The van der Waals surface area contributed by atoms with Crippen LogP contribution in [0.5, 0.6) is 5.75 Å². The molecule has 0 bridgehead atoms. The second-order valence-corrected chi connectivity index (χ2v) is 7.61. The normalized spacial score (nSPS) is 14.1. The largest absolute Gasteiger partial charge is 0.482 e. The minimum absolute atomic E-state index is 0.231. The van der Waals surface area contributed by atoms with Crippen molar-refractivity contribution >= 4 is 22.8 Å². The van der Waals surface area contributed by atoms with Crippen molar-refractivity contribution in [3.63, 3.8) is 0 Å². The van der Waals surface area contributed by atoms with E-state index in [9.17, 15) is 14.4 Å². The average molecular weight is 421 g/mol. The molecule has 1 aliphatic heterocycles. The number of hydrogen-bond donors (Lipinski definition) is 0. The third-order valence-corrected chi connectivity index (χ3v) is 5.38. The molecule has 0 saturated heterocycles. The van der Waals surface area contributed by atoms with Gasteiger partial charge in [0.05, 0.1) is 0 Å². The summed E-state index contributed by atoms with van der Waals surface area (Å²) in [5.74, 6) is -0.514. The smallest absolute Gasteiger partial charge is 0.344 e. The maximum atomic E-state index is 12.7. The molecule has 7 nitrogen and oxygen atoms in total. The number of aryl methyl sites for hydroxylation is 1. The first-order chi connectivity index (χ1) is 14.9. The average Bonchev–Trinajstić information content (AvgIpc) is 2.76. The fraction of sp³-hybridized carbons (Fsp3) is 0.292. The van der Waals surface area contributed by atoms with Crippen LogP contribution in [0.2, 0.25) is 0 Å². The Morgan fingerprint density at radius 1 is 1.13 bits per heavy atom. The van der Waals surface area contributed by atoms with Gasteiger partial charge in [-0.25, -0.2) is 9.59 Å². The summed E-state index contributed by atoms with van der Waals surface area (Å²) in [5.41, 5.74) is 3.08. The number of esters is 1. The number of rotatable bonds is 5. The lowest BCUT2D eigenvalue weighted by molar-refractivity contribution is -0.161. The van der Waals surface area contributed by atoms with Crippen LogP contribution in [0.15, 0.2) is 57.7 Å². The maximum absolute atomic E-state index is 12.7. The van der Waals surface area contributed by atoms with Gasteiger partial charge in [-0.15, -0.1) is 0 Å². The standard InChI is InChI=1S/C24H23NO6/c1-15-11-22(26)31-21-12-19(7-8-20(15)21)29-14-23(27)30-16(2)24(28)25-10-9-17-5-3-4-6-18(17)13-25/h3-8,11-12,16H,9-10,13-14H2,1-2H3/t16-/m1/s1. The van der Waals surface area contributed by atoms with Crippen molar-refractivity contribution in [1.82, 2.24) is 4.90 Å². The molecule has 1 amide bonds. The molecule has 7 heteroatoms. The number of carbonyl (C=O) groups excluding carboxylic acids is 2. The van der Waals surface area contributed by atoms with Crippen LogP contribution < -0.4 is 10.4 Å². The summed E-state index contributed by atoms with van der Waals surface area (Å²) in [6.07, 6.45) is -0.123.